The molecule has 2 heterocycles. The molecule has 0 radical (unpaired) electrons. The van der Waals surface area contributed by atoms with Gasteiger partial charge in [-0.15, -0.1) is 0 Å². The summed E-state index contributed by atoms with van der Waals surface area (Å²) in [5, 5.41) is 18.0. The molecule has 0 amide bonds. The summed E-state index contributed by atoms with van der Waals surface area (Å²) >= 11 is 0. The molecule has 2 N–H and O–H groups in total. The first-order valence-electron chi connectivity index (χ1n) is 15.0. The van der Waals surface area contributed by atoms with Gasteiger partial charge >= 0.3 is 0 Å². The van der Waals surface area contributed by atoms with E-state index in [-0.39, 0.29) is 26.0 Å². The van der Waals surface area contributed by atoms with E-state index >= 15 is 0 Å². The zero-order chi connectivity index (χ0) is 30.3. The average Bonchev–Trinajstić information content (AvgIpc) is 3.67. The molecule has 3 aromatic rings. The number of fused-ring (bicyclic) bond motifs is 2. The monoisotopic (exact) mass is 626 g/mol. The van der Waals surface area contributed by atoms with Gasteiger partial charge in [0.2, 0.25) is 0 Å². The average molecular weight is 627 g/mol. The molecule has 2 atom stereocenters. The highest BCUT2D eigenvalue weighted by molar-refractivity contribution is 8.10. The third-order valence-electron chi connectivity index (χ3n) is 8.43. The molecule has 2 aliphatic heterocycles. The number of rotatable bonds is 4. The minimum Gasteiger partial charge on any atom is -0.508 e. The summed E-state index contributed by atoms with van der Waals surface area (Å²) < 4.78 is 28.9. The maximum absolute atomic E-state index is 9.29. The number of aliphatic hydroxyl groups is 1. The second-order valence-corrected chi connectivity index (χ2v) is 15.0. The Morgan fingerprint density at radius 3 is 1.72 bits per heavy atom. The number of aromatic hydroxyl groups is 1. The molecule has 9 heteroatoms. The molecule has 0 saturated carbocycles. The van der Waals surface area contributed by atoms with Crippen molar-refractivity contribution >= 4 is 16.8 Å². The summed E-state index contributed by atoms with van der Waals surface area (Å²) in [6.07, 6.45) is 5.50. The van der Waals surface area contributed by atoms with E-state index in [1.807, 2.05) is 31.2 Å². The molecule has 2 saturated heterocycles. The number of hydrogen-bond donors (Lipinski definition) is 2. The number of ether oxygens (including phenoxy) is 4. The van der Waals surface area contributed by atoms with Crippen LogP contribution in [-0.4, -0.2) is 54.9 Å². The highest BCUT2D eigenvalue weighted by Gasteiger charge is 2.41. The van der Waals surface area contributed by atoms with Gasteiger partial charge in [-0.05, 0) is 71.9 Å². The van der Waals surface area contributed by atoms with Gasteiger partial charge in [-0.2, -0.15) is 0 Å². The number of phenols is 1. The van der Waals surface area contributed by atoms with Crippen LogP contribution in [0, 0.1) is 6.92 Å². The summed E-state index contributed by atoms with van der Waals surface area (Å²) in [6, 6.07) is 19.7. The number of benzene rings is 3. The minimum atomic E-state index is -0.385. The third-order valence-corrected chi connectivity index (χ3v) is 9.41. The van der Waals surface area contributed by atoms with Crippen molar-refractivity contribution in [2.24, 2.45) is 0 Å². The standard InChI is InChI=1S/C14H20O3P2.C13H16O3.C7H8O/c1-19(18)17-10-12-4-2-3-11-9-14(6-5-13(11)12)15-7-8-16-14;14-9-11-3-1-2-10-8-13(5-4-12(10)11)15-6-7-16-13;1-6-2-4-7(8)5-3-6/h2-4H,5-10,18H2,1H3;1-3,14H,4-9H2;2-5,8H,1H3. The van der Waals surface area contributed by atoms with Gasteiger partial charge in [0.1, 0.15) is 5.75 Å². The molecule has 0 aromatic heterocycles. The Morgan fingerprint density at radius 1 is 0.767 bits per heavy atom. The first-order chi connectivity index (χ1) is 20.8. The summed E-state index contributed by atoms with van der Waals surface area (Å²) in [4.78, 5) is 0. The first kappa shape index (κ1) is 32.5. The Kier molecular flexibility index (Phi) is 11.3. The van der Waals surface area contributed by atoms with Crippen LogP contribution in [0.1, 0.15) is 51.8 Å². The van der Waals surface area contributed by atoms with Gasteiger partial charge in [0.15, 0.2) is 11.6 Å². The molecule has 2 aliphatic carbocycles. The van der Waals surface area contributed by atoms with E-state index in [1.165, 1.54) is 33.4 Å². The van der Waals surface area contributed by atoms with Crippen LogP contribution in [0.2, 0.25) is 0 Å². The van der Waals surface area contributed by atoms with Gasteiger partial charge in [0, 0.05) is 33.5 Å². The summed E-state index contributed by atoms with van der Waals surface area (Å²) in [5.41, 5.74) is 8.89. The molecule has 43 heavy (non-hydrogen) atoms. The van der Waals surface area contributed by atoms with Crippen molar-refractivity contribution in [1.29, 1.82) is 0 Å². The zero-order valence-electron chi connectivity index (χ0n) is 25.2. The lowest BCUT2D eigenvalue weighted by Crippen LogP contribution is -2.37. The number of hydrogen-bond acceptors (Lipinski definition) is 7. The molecular weight excluding hydrogens is 582 g/mol. The Balaban J connectivity index is 0.000000139. The zero-order valence-corrected chi connectivity index (χ0v) is 27.3. The highest BCUT2D eigenvalue weighted by atomic mass is 32.0. The van der Waals surface area contributed by atoms with Gasteiger partial charge in [0.05, 0.1) is 39.6 Å². The van der Waals surface area contributed by atoms with Crippen molar-refractivity contribution in [3.05, 3.63) is 99.6 Å². The predicted molar refractivity (Wildman–Crippen MR) is 172 cm³/mol. The lowest BCUT2D eigenvalue weighted by Gasteiger charge is -2.33. The number of aryl methyl sites for hydroxylation is 1. The molecule has 2 fully saturated rings. The van der Waals surface area contributed by atoms with Crippen LogP contribution >= 0.6 is 16.8 Å². The van der Waals surface area contributed by atoms with Gasteiger partial charge < -0.3 is 33.7 Å². The predicted octanol–water partition coefficient (Wildman–Crippen LogP) is 6.36. The first-order valence-corrected chi connectivity index (χ1v) is 18.4. The normalized spacial score (nSPS) is 19.9. The summed E-state index contributed by atoms with van der Waals surface area (Å²) in [5.74, 6) is -0.387. The topological polar surface area (TPSA) is 86.6 Å². The van der Waals surface area contributed by atoms with E-state index in [9.17, 15) is 5.11 Å². The second-order valence-electron chi connectivity index (χ2n) is 11.5. The Hall–Kier alpha value is -1.92. The lowest BCUT2D eigenvalue weighted by atomic mass is 9.85. The van der Waals surface area contributed by atoms with E-state index in [0.29, 0.717) is 25.6 Å². The van der Waals surface area contributed by atoms with Crippen LogP contribution in [0.25, 0.3) is 0 Å². The molecular formula is C34H44O7P2. The summed E-state index contributed by atoms with van der Waals surface area (Å²) in [6.45, 7) is 7.78. The quantitative estimate of drug-likeness (QED) is 0.326. The molecule has 7 nitrogen and oxygen atoms in total. The number of phenolic OH excluding ortho intramolecular Hbond substituents is 1. The maximum atomic E-state index is 9.29. The molecule has 3 aromatic carbocycles. The van der Waals surface area contributed by atoms with E-state index in [1.54, 1.807) is 12.1 Å². The van der Waals surface area contributed by atoms with Crippen LogP contribution in [-0.2, 0) is 62.4 Å². The van der Waals surface area contributed by atoms with Crippen LogP contribution in [0.4, 0.5) is 0 Å². The SMILES string of the molecule is CP(P)OCc1cccc2c1CCC1(C2)OCCO1.Cc1ccc(O)cc1.OCc1cccc2c1CCC1(C2)OCCO1. The van der Waals surface area contributed by atoms with E-state index in [4.69, 9.17) is 28.6 Å². The van der Waals surface area contributed by atoms with E-state index in [2.05, 4.69) is 39.9 Å². The lowest BCUT2D eigenvalue weighted by molar-refractivity contribution is -0.164. The van der Waals surface area contributed by atoms with Gasteiger partial charge in [-0.1, -0.05) is 63.0 Å². The van der Waals surface area contributed by atoms with Crippen LogP contribution in [0.15, 0.2) is 60.7 Å². The second kappa shape index (κ2) is 14.9. The molecule has 2 spiro atoms. The minimum absolute atomic E-state index is 0.123. The highest BCUT2D eigenvalue weighted by Crippen LogP contribution is 2.43. The Labute approximate surface area is 258 Å². The van der Waals surface area contributed by atoms with Crippen molar-refractivity contribution in [3.8, 4) is 5.75 Å². The van der Waals surface area contributed by atoms with Gasteiger partial charge in [-0.3, -0.25) is 0 Å². The molecule has 232 valence electrons. The molecule has 7 rings (SSSR count). The molecule has 4 aliphatic rings. The van der Waals surface area contributed by atoms with Crippen molar-refractivity contribution in [2.45, 2.75) is 70.2 Å². The fourth-order valence-electron chi connectivity index (χ4n) is 6.22. The van der Waals surface area contributed by atoms with Crippen molar-refractivity contribution in [1.82, 2.24) is 0 Å². The van der Waals surface area contributed by atoms with Gasteiger partial charge in [-0.25, -0.2) is 0 Å². The Morgan fingerprint density at radius 2 is 1.26 bits per heavy atom. The van der Waals surface area contributed by atoms with E-state index in [0.717, 1.165) is 57.3 Å². The van der Waals surface area contributed by atoms with Crippen LogP contribution < -0.4 is 0 Å². The molecule has 2 unspecified atom stereocenters. The maximum Gasteiger partial charge on any atom is 0.172 e. The Bertz CT molecular complexity index is 1310. The van der Waals surface area contributed by atoms with Crippen LogP contribution in [0.3, 0.4) is 0 Å². The third kappa shape index (κ3) is 8.42. The van der Waals surface area contributed by atoms with Crippen LogP contribution in [0.5, 0.6) is 5.75 Å². The summed E-state index contributed by atoms with van der Waals surface area (Å²) in [7, 11) is 2.35. The fraction of sp³-hybridized carbons (Fsp3) is 0.471. The van der Waals surface area contributed by atoms with Gasteiger partial charge in [0.25, 0.3) is 0 Å². The number of aliphatic hydroxyl groups excluding tert-OH is 1. The smallest absolute Gasteiger partial charge is 0.172 e. The fourth-order valence-corrected chi connectivity index (χ4v) is 6.79. The van der Waals surface area contributed by atoms with Crippen molar-refractivity contribution in [2.75, 3.05) is 33.1 Å². The molecule has 0 bridgehead atoms. The van der Waals surface area contributed by atoms with Crippen molar-refractivity contribution < 1.29 is 33.7 Å². The van der Waals surface area contributed by atoms with Crippen molar-refractivity contribution in [3.63, 3.8) is 0 Å². The largest absolute Gasteiger partial charge is 0.508 e. The van der Waals surface area contributed by atoms with E-state index < -0.39 is 0 Å².